The Labute approximate surface area is 128 Å². The van der Waals surface area contributed by atoms with E-state index in [2.05, 4.69) is 36.7 Å². The molecule has 1 aliphatic rings. The van der Waals surface area contributed by atoms with Gasteiger partial charge in [-0.25, -0.2) is 0 Å². The van der Waals surface area contributed by atoms with Gasteiger partial charge in [-0.3, -0.25) is 4.79 Å². The third-order valence-corrected chi connectivity index (χ3v) is 4.28. The van der Waals surface area contributed by atoms with Crippen LogP contribution in [0.2, 0.25) is 0 Å². The fourth-order valence-electron chi connectivity index (χ4n) is 3.12. The average molecular weight is 290 g/mol. The first-order valence-corrected chi connectivity index (χ1v) is 8.58. The lowest BCUT2D eigenvalue weighted by molar-refractivity contribution is 0.526. The number of fused-ring (bicyclic) bond motifs is 1. The van der Waals surface area contributed by atoms with E-state index in [-0.39, 0.29) is 5.56 Å². The van der Waals surface area contributed by atoms with Crippen molar-refractivity contribution in [3.8, 4) is 0 Å². The van der Waals surface area contributed by atoms with Gasteiger partial charge in [0.2, 0.25) is 0 Å². The summed E-state index contributed by atoms with van der Waals surface area (Å²) >= 11 is 0. The molecule has 0 fully saturated rings. The highest BCUT2D eigenvalue weighted by atomic mass is 16.1. The van der Waals surface area contributed by atoms with Crippen molar-refractivity contribution in [2.45, 2.75) is 72.4 Å². The van der Waals surface area contributed by atoms with Crippen LogP contribution in [-0.2, 0) is 25.9 Å². The molecule has 0 bridgehead atoms. The highest BCUT2D eigenvalue weighted by molar-refractivity contribution is 5.29. The second-order valence-electron chi connectivity index (χ2n) is 6.68. The minimum atomic E-state index is 0.236. The summed E-state index contributed by atoms with van der Waals surface area (Å²) in [5.41, 5.74) is 3.92. The number of pyridine rings is 1. The monoisotopic (exact) mass is 290 g/mol. The molecule has 0 saturated heterocycles. The van der Waals surface area contributed by atoms with Crippen LogP contribution in [-0.4, -0.2) is 11.1 Å². The van der Waals surface area contributed by atoms with E-state index < -0.39 is 0 Å². The predicted octanol–water partition coefficient (Wildman–Crippen LogP) is 3.27. The molecule has 0 unspecified atom stereocenters. The maximum Gasteiger partial charge on any atom is 0.255 e. The van der Waals surface area contributed by atoms with Crippen molar-refractivity contribution in [2.75, 3.05) is 6.54 Å². The van der Waals surface area contributed by atoms with Gasteiger partial charge in [-0.15, -0.1) is 0 Å². The molecule has 3 heteroatoms. The number of unbranched alkanes of at least 4 members (excludes halogenated alkanes) is 1. The molecule has 3 nitrogen and oxygen atoms in total. The first kappa shape index (κ1) is 16.3. The summed E-state index contributed by atoms with van der Waals surface area (Å²) in [6.45, 7) is 9.13. The van der Waals surface area contributed by atoms with E-state index in [9.17, 15) is 4.79 Å². The predicted molar refractivity (Wildman–Crippen MR) is 88.8 cm³/mol. The van der Waals surface area contributed by atoms with Gasteiger partial charge in [-0.05, 0) is 56.2 Å². The molecular formula is C18H30N2O. The lowest BCUT2D eigenvalue weighted by Crippen LogP contribution is -2.32. The van der Waals surface area contributed by atoms with Gasteiger partial charge in [0.15, 0.2) is 0 Å². The van der Waals surface area contributed by atoms with Gasteiger partial charge in [0.1, 0.15) is 0 Å². The fraction of sp³-hybridized carbons (Fsp3) is 0.722. The minimum Gasteiger partial charge on any atom is -0.312 e. The Balaban J connectivity index is 2.26. The molecule has 0 atom stereocenters. The van der Waals surface area contributed by atoms with E-state index in [1.807, 2.05) is 0 Å². The molecule has 0 aliphatic heterocycles. The zero-order valence-electron chi connectivity index (χ0n) is 13.9. The number of hydrogen-bond acceptors (Lipinski definition) is 2. The summed E-state index contributed by atoms with van der Waals surface area (Å²) in [6.07, 6.45) is 6.93. The third-order valence-electron chi connectivity index (χ3n) is 4.28. The molecule has 1 N–H and O–H groups in total. The molecule has 0 radical (unpaired) electrons. The zero-order chi connectivity index (χ0) is 15.2. The van der Waals surface area contributed by atoms with Crippen LogP contribution in [0.5, 0.6) is 0 Å². The Morgan fingerprint density at radius 2 is 2.05 bits per heavy atom. The number of nitrogens with one attached hydrogen (secondary N) is 1. The Kier molecular flexibility index (Phi) is 6.04. The maximum absolute atomic E-state index is 12.7. The van der Waals surface area contributed by atoms with Gasteiger partial charge in [-0.1, -0.05) is 27.2 Å². The molecule has 1 heterocycles. The SMILES string of the molecule is CCCCn1c2c(cc(CNCC(C)C)c1=O)CCCC2. The zero-order valence-corrected chi connectivity index (χ0v) is 13.9. The van der Waals surface area contributed by atoms with E-state index >= 15 is 0 Å². The molecule has 0 spiro atoms. The lowest BCUT2D eigenvalue weighted by Gasteiger charge is -2.22. The first-order valence-electron chi connectivity index (χ1n) is 8.58. The maximum atomic E-state index is 12.7. The van der Waals surface area contributed by atoms with Crippen LogP contribution < -0.4 is 10.9 Å². The van der Waals surface area contributed by atoms with Crippen LogP contribution in [0.3, 0.4) is 0 Å². The standard InChI is InChI=1S/C18H30N2O/c1-4-5-10-20-17-9-7-6-8-15(17)11-16(18(20)21)13-19-12-14(2)3/h11,14,19H,4-10,12-13H2,1-3H3. The number of hydrogen-bond donors (Lipinski definition) is 1. The van der Waals surface area contributed by atoms with Crippen molar-refractivity contribution in [1.82, 2.24) is 9.88 Å². The molecule has 118 valence electrons. The molecular weight excluding hydrogens is 260 g/mol. The van der Waals surface area contributed by atoms with Crippen molar-refractivity contribution in [3.05, 3.63) is 33.2 Å². The van der Waals surface area contributed by atoms with Gasteiger partial charge in [0.25, 0.3) is 5.56 Å². The van der Waals surface area contributed by atoms with Gasteiger partial charge < -0.3 is 9.88 Å². The van der Waals surface area contributed by atoms with Crippen molar-refractivity contribution < 1.29 is 0 Å². The third kappa shape index (κ3) is 4.19. The van der Waals surface area contributed by atoms with E-state index in [1.54, 1.807) is 0 Å². The smallest absolute Gasteiger partial charge is 0.255 e. The molecule has 0 amide bonds. The largest absolute Gasteiger partial charge is 0.312 e. The number of aryl methyl sites for hydroxylation is 1. The molecule has 2 rings (SSSR count). The summed E-state index contributed by atoms with van der Waals surface area (Å²) in [5.74, 6) is 0.616. The van der Waals surface area contributed by atoms with E-state index in [0.717, 1.165) is 44.3 Å². The lowest BCUT2D eigenvalue weighted by atomic mass is 9.94. The summed E-state index contributed by atoms with van der Waals surface area (Å²) < 4.78 is 2.07. The van der Waals surface area contributed by atoms with Crippen LogP contribution in [0.1, 0.15) is 63.3 Å². The molecule has 1 aromatic heterocycles. The molecule has 0 aromatic carbocycles. The Morgan fingerprint density at radius 3 is 2.76 bits per heavy atom. The van der Waals surface area contributed by atoms with Crippen LogP contribution >= 0.6 is 0 Å². The molecule has 1 aromatic rings. The van der Waals surface area contributed by atoms with Gasteiger partial charge >= 0.3 is 0 Å². The second kappa shape index (κ2) is 7.79. The summed E-state index contributed by atoms with van der Waals surface area (Å²) in [5, 5.41) is 3.42. The summed E-state index contributed by atoms with van der Waals surface area (Å²) in [6, 6.07) is 2.17. The number of nitrogens with zero attached hydrogens (tertiary/aromatic N) is 1. The summed E-state index contributed by atoms with van der Waals surface area (Å²) in [4.78, 5) is 12.7. The normalized spacial score (nSPS) is 14.5. The van der Waals surface area contributed by atoms with Crippen LogP contribution in [0.25, 0.3) is 0 Å². The Bertz CT molecular complexity index is 517. The fourth-order valence-corrected chi connectivity index (χ4v) is 3.12. The van der Waals surface area contributed by atoms with Crippen molar-refractivity contribution in [1.29, 1.82) is 0 Å². The minimum absolute atomic E-state index is 0.236. The molecule has 21 heavy (non-hydrogen) atoms. The first-order chi connectivity index (χ1) is 10.1. The van der Waals surface area contributed by atoms with Gasteiger partial charge in [-0.2, -0.15) is 0 Å². The van der Waals surface area contributed by atoms with Crippen molar-refractivity contribution in [2.24, 2.45) is 5.92 Å². The highest BCUT2D eigenvalue weighted by Crippen LogP contribution is 2.21. The van der Waals surface area contributed by atoms with Crippen molar-refractivity contribution >= 4 is 0 Å². The number of aromatic nitrogens is 1. The average Bonchev–Trinajstić information content (AvgIpc) is 2.47. The second-order valence-corrected chi connectivity index (χ2v) is 6.68. The van der Waals surface area contributed by atoms with E-state index in [1.165, 1.54) is 24.1 Å². The number of rotatable bonds is 7. The summed E-state index contributed by atoms with van der Waals surface area (Å²) in [7, 11) is 0. The topological polar surface area (TPSA) is 34.0 Å². The van der Waals surface area contributed by atoms with E-state index in [0.29, 0.717) is 12.5 Å². The van der Waals surface area contributed by atoms with Crippen LogP contribution in [0.4, 0.5) is 0 Å². The van der Waals surface area contributed by atoms with Gasteiger partial charge in [0, 0.05) is 24.3 Å². The quantitative estimate of drug-likeness (QED) is 0.836. The van der Waals surface area contributed by atoms with Crippen LogP contribution in [0.15, 0.2) is 10.9 Å². The van der Waals surface area contributed by atoms with Crippen LogP contribution in [0, 0.1) is 5.92 Å². The van der Waals surface area contributed by atoms with E-state index in [4.69, 9.17) is 0 Å². The highest BCUT2D eigenvalue weighted by Gasteiger charge is 2.17. The molecule has 0 saturated carbocycles. The van der Waals surface area contributed by atoms with Gasteiger partial charge in [0.05, 0.1) is 0 Å². The van der Waals surface area contributed by atoms with Crippen molar-refractivity contribution in [3.63, 3.8) is 0 Å². The molecule has 1 aliphatic carbocycles. The Hall–Kier alpha value is -1.09. The Morgan fingerprint density at radius 1 is 1.29 bits per heavy atom.